The molecule has 2 N–H and O–H groups in total. The van der Waals surface area contributed by atoms with E-state index >= 15 is 0 Å². The molecule has 1 saturated heterocycles. The Balaban J connectivity index is 2.02. The lowest BCUT2D eigenvalue weighted by Gasteiger charge is -2.19. The minimum atomic E-state index is -3.22. The Bertz CT molecular complexity index is 575. The Hall–Kier alpha value is -1.40. The van der Waals surface area contributed by atoms with Gasteiger partial charge in [0.05, 0.1) is 4.90 Å². The zero-order valence-corrected chi connectivity index (χ0v) is 12.5. The Morgan fingerprint density at radius 3 is 2.50 bits per heavy atom. The van der Waals surface area contributed by atoms with E-state index in [1.54, 1.807) is 12.1 Å². The van der Waals surface area contributed by atoms with Gasteiger partial charge in [-0.15, -0.1) is 0 Å². The van der Waals surface area contributed by atoms with Crippen LogP contribution in [0.4, 0.5) is 0 Å². The molecule has 1 aromatic rings. The highest BCUT2D eigenvalue weighted by atomic mass is 32.2. The van der Waals surface area contributed by atoms with Crippen molar-refractivity contribution < 1.29 is 13.2 Å². The van der Waals surface area contributed by atoms with Gasteiger partial charge in [-0.05, 0) is 56.6 Å². The van der Waals surface area contributed by atoms with Crippen LogP contribution in [0.15, 0.2) is 29.2 Å². The number of sulfone groups is 1. The molecule has 0 spiro atoms. The van der Waals surface area contributed by atoms with Crippen molar-refractivity contribution in [2.45, 2.75) is 24.3 Å². The maximum Gasteiger partial charge on any atom is 0.251 e. The maximum absolute atomic E-state index is 12.1. The predicted molar refractivity (Wildman–Crippen MR) is 77.5 cm³/mol. The van der Waals surface area contributed by atoms with Crippen molar-refractivity contribution >= 4 is 15.7 Å². The van der Waals surface area contributed by atoms with Crippen LogP contribution in [0.3, 0.4) is 0 Å². The molecular formula is C14H20N2O3S. The Morgan fingerprint density at radius 2 is 2.00 bits per heavy atom. The number of amides is 1. The molecule has 1 heterocycles. The molecule has 0 saturated carbocycles. The summed E-state index contributed by atoms with van der Waals surface area (Å²) in [7, 11) is -3.22. The van der Waals surface area contributed by atoms with Gasteiger partial charge in [-0.3, -0.25) is 4.79 Å². The second-order valence-electron chi connectivity index (χ2n) is 5.31. The van der Waals surface area contributed by atoms with Gasteiger partial charge in [0, 0.05) is 17.9 Å². The SMILES string of the molecule is CC(NC(=O)c1ccc(S(C)(=O)=O)cc1)C1CCNC1. The summed E-state index contributed by atoms with van der Waals surface area (Å²) in [5.74, 6) is 0.290. The monoisotopic (exact) mass is 296 g/mol. The van der Waals surface area contributed by atoms with Gasteiger partial charge >= 0.3 is 0 Å². The predicted octanol–water partition coefficient (Wildman–Crippen LogP) is 0.818. The van der Waals surface area contributed by atoms with Crippen molar-refractivity contribution in [3.05, 3.63) is 29.8 Å². The molecule has 0 aromatic heterocycles. The van der Waals surface area contributed by atoms with E-state index in [1.165, 1.54) is 12.1 Å². The molecule has 0 radical (unpaired) electrons. The van der Waals surface area contributed by atoms with Crippen LogP contribution in [0.2, 0.25) is 0 Å². The second-order valence-corrected chi connectivity index (χ2v) is 7.33. The van der Waals surface area contributed by atoms with Crippen LogP contribution in [0.5, 0.6) is 0 Å². The third-order valence-electron chi connectivity index (χ3n) is 3.71. The van der Waals surface area contributed by atoms with Crippen LogP contribution < -0.4 is 10.6 Å². The minimum absolute atomic E-state index is 0.104. The van der Waals surface area contributed by atoms with Crippen LogP contribution in [0.25, 0.3) is 0 Å². The van der Waals surface area contributed by atoms with E-state index in [0.717, 1.165) is 25.8 Å². The van der Waals surface area contributed by atoms with Crippen LogP contribution in [0, 0.1) is 5.92 Å². The van der Waals surface area contributed by atoms with Crippen LogP contribution >= 0.6 is 0 Å². The number of carbonyl (C=O) groups excluding carboxylic acids is 1. The fourth-order valence-electron chi connectivity index (χ4n) is 2.37. The summed E-state index contributed by atoms with van der Waals surface area (Å²) in [6.45, 7) is 3.92. The van der Waals surface area contributed by atoms with E-state index in [0.29, 0.717) is 11.5 Å². The quantitative estimate of drug-likeness (QED) is 0.862. The summed E-state index contributed by atoms with van der Waals surface area (Å²) in [5, 5.41) is 6.24. The zero-order valence-electron chi connectivity index (χ0n) is 11.7. The minimum Gasteiger partial charge on any atom is -0.349 e. The number of rotatable bonds is 4. The van der Waals surface area contributed by atoms with Crippen molar-refractivity contribution in [3.63, 3.8) is 0 Å². The number of carbonyl (C=O) groups is 1. The normalized spacial score (nSPS) is 20.6. The van der Waals surface area contributed by atoms with Crippen molar-refractivity contribution in [3.8, 4) is 0 Å². The first-order valence-corrected chi connectivity index (χ1v) is 8.59. The summed E-state index contributed by atoms with van der Waals surface area (Å²) >= 11 is 0. The van der Waals surface area contributed by atoms with Crippen molar-refractivity contribution in [1.29, 1.82) is 0 Å². The summed E-state index contributed by atoms with van der Waals surface area (Å²) in [6.07, 6.45) is 2.21. The van der Waals surface area contributed by atoms with E-state index in [2.05, 4.69) is 10.6 Å². The van der Waals surface area contributed by atoms with Gasteiger partial charge in [-0.2, -0.15) is 0 Å². The molecule has 5 nitrogen and oxygen atoms in total. The van der Waals surface area contributed by atoms with Gasteiger partial charge in [0.15, 0.2) is 9.84 Å². The number of hydrogen-bond donors (Lipinski definition) is 2. The standard InChI is InChI=1S/C14H20N2O3S/c1-10(12-7-8-15-9-12)16-14(17)11-3-5-13(6-4-11)20(2,18)19/h3-6,10,12,15H,7-9H2,1-2H3,(H,16,17). The summed E-state index contributed by atoms with van der Waals surface area (Å²) in [6, 6.07) is 6.13. The Morgan fingerprint density at radius 1 is 1.35 bits per heavy atom. The summed E-state index contributed by atoms with van der Waals surface area (Å²) < 4.78 is 22.7. The molecule has 0 aliphatic carbocycles. The highest BCUT2D eigenvalue weighted by Gasteiger charge is 2.22. The Labute approximate surface area is 119 Å². The smallest absolute Gasteiger partial charge is 0.251 e. The fraction of sp³-hybridized carbons (Fsp3) is 0.500. The molecule has 2 unspecified atom stereocenters. The van der Waals surface area contributed by atoms with Gasteiger partial charge in [-0.1, -0.05) is 0 Å². The van der Waals surface area contributed by atoms with Gasteiger partial charge in [0.25, 0.3) is 5.91 Å². The summed E-state index contributed by atoms with van der Waals surface area (Å²) in [4.78, 5) is 12.3. The first-order chi connectivity index (χ1) is 9.38. The molecule has 1 fully saturated rings. The number of nitrogens with one attached hydrogen (secondary N) is 2. The average Bonchev–Trinajstić information content (AvgIpc) is 2.91. The van der Waals surface area contributed by atoms with E-state index in [1.807, 2.05) is 6.92 Å². The molecule has 20 heavy (non-hydrogen) atoms. The van der Waals surface area contributed by atoms with E-state index in [-0.39, 0.29) is 16.8 Å². The zero-order chi connectivity index (χ0) is 14.8. The van der Waals surface area contributed by atoms with E-state index in [4.69, 9.17) is 0 Å². The van der Waals surface area contributed by atoms with Crippen LogP contribution in [-0.4, -0.2) is 39.7 Å². The average molecular weight is 296 g/mol. The summed E-state index contributed by atoms with van der Waals surface area (Å²) in [5.41, 5.74) is 0.482. The first kappa shape index (κ1) is 15.0. The van der Waals surface area contributed by atoms with E-state index in [9.17, 15) is 13.2 Å². The Kier molecular flexibility index (Phi) is 4.45. The van der Waals surface area contributed by atoms with Crippen LogP contribution in [-0.2, 0) is 9.84 Å². The highest BCUT2D eigenvalue weighted by molar-refractivity contribution is 7.90. The molecule has 1 aromatic carbocycles. The van der Waals surface area contributed by atoms with Gasteiger partial charge in [-0.25, -0.2) is 8.42 Å². The molecule has 1 amide bonds. The van der Waals surface area contributed by atoms with Crippen molar-refractivity contribution in [2.75, 3.05) is 19.3 Å². The maximum atomic E-state index is 12.1. The number of hydrogen-bond acceptors (Lipinski definition) is 4. The second kappa shape index (κ2) is 5.93. The molecule has 1 aliphatic heterocycles. The van der Waals surface area contributed by atoms with Gasteiger partial charge in [0.1, 0.15) is 0 Å². The highest BCUT2D eigenvalue weighted by Crippen LogP contribution is 2.14. The van der Waals surface area contributed by atoms with Gasteiger partial charge in [0.2, 0.25) is 0 Å². The lowest BCUT2D eigenvalue weighted by atomic mass is 10.0. The molecule has 6 heteroatoms. The molecule has 1 aliphatic rings. The van der Waals surface area contributed by atoms with Crippen molar-refractivity contribution in [2.24, 2.45) is 5.92 Å². The molecule has 110 valence electrons. The largest absolute Gasteiger partial charge is 0.349 e. The lowest BCUT2D eigenvalue weighted by molar-refractivity contribution is 0.0928. The fourth-order valence-corrected chi connectivity index (χ4v) is 3.00. The molecule has 0 bridgehead atoms. The topological polar surface area (TPSA) is 75.3 Å². The lowest BCUT2D eigenvalue weighted by Crippen LogP contribution is -2.38. The van der Waals surface area contributed by atoms with Gasteiger partial charge < -0.3 is 10.6 Å². The van der Waals surface area contributed by atoms with Crippen molar-refractivity contribution in [1.82, 2.24) is 10.6 Å². The van der Waals surface area contributed by atoms with Crippen LogP contribution in [0.1, 0.15) is 23.7 Å². The third kappa shape index (κ3) is 3.58. The molecule has 2 rings (SSSR count). The first-order valence-electron chi connectivity index (χ1n) is 6.69. The number of benzene rings is 1. The molecule has 2 atom stereocenters. The molecular weight excluding hydrogens is 276 g/mol. The third-order valence-corrected chi connectivity index (χ3v) is 4.84. The van der Waals surface area contributed by atoms with E-state index < -0.39 is 9.84 Å².